The van der Waals surface area contributed by atoms with E-state index < -0.39 is 15.1 Å². The molecule has 1 N–H and O–H groups in total. The first-order valence-corrected chi connectivity index (χ1v) is 9.92. The zero-order valence-corrected chi connectivity index (χ0v) is 14.5. The first-order valence-electron chi connectivity index (χ1n) is 7.41. The summed E-state index contributed by atoms with van der Waals surface area (Å²) >= 11 is 3.41. The lowest BCUT2D eigenvalue weighted by Crippen LogP contribution is -2.44. The summed E-state index contributed by atoms with van der Waals surface area (Å²) in [7, 11) is -3.31. The van der Waals surface area contributed by atoms with Crippen LogP contribution in [0, 0.1) is 0 Å². The molecule has 0 aliphatic carbocycles. The summed E-state index contributed by atoms with van der Waals surface area (Å²) in [5.41, 5.74) is 0.891. The molecule has 2 atom stereocenters. The van der Waals surface area contributed by atoms with E-state index in [1.807, 2.05) is 18.2 Å². The number of hydrogen-bond donors (Lipinski definition) is 1. The van der Waals surface area contributed by atoms with Gasteiger partial charge in [-0.05, 0) is 31.0 Å². The summed E-state index contributed by atoms with van der Waals surface area (Å²) in [5, 5.41) is 2.01. The van der Waals surface area contributed by atoms with E-state index in [2.05, 4.69) is 21.2 Å². The van der Waals surface area contributed by atoms with Gasteiger partial charge in [-0.1, -0.05) is 22.4 Å². The quantitative estimate of drug-likeness (QED) is 0.844. The number of carbonyl (C=O) groups excluding carboxylic acids is 1. The van der Waals surface area contributed by atoms with E-state index in [9.17, 15) is 13.2 Å². The molecule has 1 amide bonds. The number of nitrogens with one attached hydrogen (secondary N) is 1. The van der Waals surface area contributed by atoms with Crippen LogP contribution in [0.2, 0.25) is 0 Å². The van der Waals surface area contributed by atoms with Gasteiger partial charge in [-0.2, -0.15) is 0 Å². The Morgan fingerprint density at radius 3 is 2.86 bits per heavy atom. The van der Waals surface area contributed by atoms with E-state index in [4.69, 9.17) is 4.74 Å². The van der Waals surface area contributed by atoms with Crippen LogP contribution in [-0.2, 0) is 14.6 Å². The summed E-state index contributed by atoms with van der Waals surface area (Å²) < 4.78 is 30.6. The van der Waals surface area contributed by atoms with Crippen molar-refractivity contribution in [2.75, 3.05) is 12.4 Å². The van der Waals surface area contributed by atoms with Crippen molar-refractivity contribution >= 4 is 31.7 Å². The molecule has 0 unspecified atom stereocenters. The summed E-state index contributed by atoms with van der Waals surface area (Å²) in [6.07, 6.45) is 2.50. The summed E-state index contributed by atoms with van der Waals surface area (Å²) in [4.78, 5) is 12.4. The van der Waals surface area contributed by atoms with E-state index in [0.717, 1.165) is 22.2 Å². The third-order valence-corrected chi connectivity index (χ3v) is 6.87. The average molecular weight is 388 g/mol. The molecule has 0 bridgehead atoms. The van der Waals surface area contributed by atoms with Gasteiger partial charge in [0.2, 0.25) is 5.91 Å². The van der Waals surface area contributed by atoms with Crippen LogP contribution in [0.25, 0.3) is 0 Å². The second-order valence-electron chi connectivity index (χ2n) is 5.73. The maximum atomic E-state index is 12.4. The Hall–Kier alpha value is -1.08. The third-order valence-electron chi connectivity index (χ3n) is 4.20. The highest BCUT2D eigenvalue weighted by atomic mass is 79.9. The van der Waals surface area contributed by atoms with Gasteiger partial charge in [-0.25, -0.2) is 8.42 Å². The maximum Gasteiger partial charge on any atom is 0.238 e. The largest absolute Gasteiger partial charge is 0.493 e. The zero-order chi connectivity index (χ0) is 15.7. The standard InChI is InChI=1S/C15H18BrNO4S/c16-10-4-5-13-11(9-10)12(6-7-21-13)17-15(18)14-3-1-2-8-22(14,19)20/h4-5,9,12,14H,1-3,6-8H2,(H,17,18)/t12-,14+/m1/s1. The number of ether oxygens (including phenoxy) is 1. The van der Waals surface area contributed by atoms with Crippen molar-refractivity contribution in [1.82, 2.24) is 5.32 Å². The number of fused-ring (bicyclic) bond motifs is 1. The molecule has 1 saturated heterocycles. The number of hydrogen-bond acceptors (Lipinski definition) is 4. The minimum absolute atomic E-state index is 0.112. The molecule has 7 heteroatoms. The molecule has 120 valence electrons. The van der Waals surface area contributed by atoms with Crippen molar-refractivity contribution in [3.05, 3.63) is 28.2 Å². The minimum Gasteiger partial charge on any atom is -0.493 e. The Morgan fingerprint density at radius 2 is 2.09 bits per heavy atom. The predicted molar refractivity (Wildman–Crippen MR) is 86.6 cm³/mol. The lowest BCUT2D eigenvalue weighted by molar-refractivity contribution is -0.121. The molecule has 5 nitrogen and oxygen atoms in total. The molecule has 0 radical (unpaired) electrons. The van der Waals surface area contributed by atoms with Crippen molar-refractivity contribution in [3.8, 4) is 5.75 Å². The summed E-state index contributed by atoms with van der Waals surface area (Å²) in [6, 6.07) is 5.45. The summed E-state index contributed by atoms with van der Waals surface area (Å²) in [6.45, 7) is 0.511. The number of rotatable bonds is 2. The Balaban J connectivity index is 1.79. The summed E-state index contributed by atoms with van der Waals surface area (Å²) in [5.74, 6) is 0.477. The normalized spacial score (nSPS) is 26.6. The van der Waals surface area contributed by atoms with Gasteiger partial charge in [0, 0.05) is 16.5 Å². The Labute approximate surface area is 138 Å². The molecular weight excluding hydrogens is 370 g/mol. The number of halogens is 1. The van der Waals surface area contributed by atoms with Crippen molar-refractivity contribution < 1.29 is 17.9 Å². The smallest absolute Gasteiger partial charge is 0.238 e. The van der Waals surface area contributed by atoms with Crippen molar-refractivity contribution in [2.24, 2.45) is 0 Å². The highest BCUT2D eigenvalue weighted by Crippen LogP contribution is 2.34. The van der Waals surface area contributed by atoms with Gasteiger partial charge in [0.25, 0.3) is 0 Å². The first-order chi connectivity index (χ1) is 10.5. The van der Waals surface area contributed by atoms with E-state index in [-0.39, 0.29) is 17.7 Å². The van der Waals surface area contributed by atoms with Crippen LogP contribution in [0.4, 0.5) is 0 Å². The molecule has 0 saturated carbocycles. The molecule has 2 aliphatic rings. The highest BCUT2D eigenvalue weighted by molar-refractivity contribution is 9.10. The number of carbonyl (C=O) groups is 1. The minimum atomic E-state index is -3.31. The van der Waals surface area contributed by atoms with Gasteiger partial charge < -0.3 is 10.1 Å². The molecular formula is C15H18BrNO4S. The van der Waals surface area contributed by atoms with Crippen molar-refractivity contribution in [1.29, 1.82) is 0 Å². The Morgan fingerprint density at radius 1 is 1.27 bits per heavy atom. The molecule has 3 rings (SSSR count). The lowest BCUT2D eigenvalue weighted by Gasteiger charge is -2.29. The van der Waals surface area contributed by atoms with E-state index in [1.165, 1.54) is 0 Å². The molecule has 0 spiro atoms. The number of amides is 1. The Kier molecular flexibility index (Phi) is 4.45. The van der Waals surface area contributed by atoms with Gasteiger partial charge in [0.05, 0.1) is 18.4 Å². The van der Waals surface area contributed by atoms with Gasteiger partial charge in [0.1, 0.15) is 11.0 Å². The molecule has 2 aliphatic heterocycles. The fourth-order valence-corrected chi connectivity index (χ4v) is 5.22. The van der Waals surface area contributed by atoms with Crippen LogP contribution in [0.15, 0.2) is 22.7 Å². The highest BCUT2D eigenvalue weighted by Gasteiger charge is 2.36. The maximum absolute atomic E-state index is 12.4. The number of sulfone groups is 1. The fourth-order valence-electron chi connectivity index (χ4n) is 3.03. The molecule has 1 fully saturated rings. The lowest BCUT2D eigenvalue weighted by atomic mass is 10.00. The second kappa shape index (κ2) is 6.20. The Bertz CT molecular complexity index is 689. The number of benzene rings is 1. The average Bonchev–Trinajstić information content (AvgIpc) is 2.47. The molecule has 22 heavy (non-hydrogen) atoms. The van der Waals surface area contributed by atoms with Gasteiger partial charge >= 0.3 is 0 Å². The zero-order valence-electron chi connectivity index (χ0n) is 12.0. The molecule has 0 aromatic heterocycles. The van der Waals surface area contributed by atoms with Crippen LogP contribution in [0.3, 0.4) is 0 Å². The van der Waals surface area contributed by atoms with Gasteiger partial charge in [0.15, 0.2) is 9.84 Å². The SMILES string of the molecule is O=C(N[C@@H]1CCOc2ccc(Br)cc21)[C@@H]1CCCCS1(=O)=O. The fraction of sp³-hybridized carbons (Fsp3) is 0.533. The van der Waals surface area contributed by atoms with E-state index >= 15 is 0 Å². The third kappa shape index (κ3) is 3.15. The predicted octanol–water partition coefficient (Wildman–Crippen LogP) is 2.36. The van der Waals surface area contributed by atoms with E-state index in [0.29, 0.717) is 25.9 Å². The van der Waals surface area contributed by atoms with Crippen molar-refractivity contribution in [2.45, 2.75) is 37.0 Å². The van der Waals surface area contributed by atoms with Gasteiger partial charge in [-0.15, -0.1) is 0 Å². The van der Waals surface area contributed by atoms with Crippen LogP contribution >= 0.6 is 15.9 Å². The molecule has 1 aromatic carbocycles. The topological polar surface area (TPSA) is 72.5 Å². The van der Waals surface area contributed by atoms with Crippen LogP contribution in [0.1, 0.15) is 37.3 Å². The first kappa shape index (κ1) is 15.8. The van der Waals surface area contributed by atoms with Crippen LogP contribution in [-0.4, -0.2) is 31.9 Å². The van der Waals surface area contributed by atoms with Gasteiger partial charge in [-0.3, -0.25) is 4.79 Å². The second-order valence-corrected chi connectivity index (χ2v) is 8.95. The molecule has 2 heterocycles. The van der Waals surface area contributed by atoms with Crippen molar-refractivity contribution in [3.63, 3.8) is 0 Å². The van der Waals surface area contributed by atoms with E-state index in [1.54, 1.807) is 0 Å². The molecule has 1 aromatic rings. The van der Waals surface area contributed by atoms with Crippen LogP contribution in [0.5, 0.6) is 5.75 Å². The van der Waals surface area contributed by atoms with Crippen LogP contribution < -0.4 is 10.1 Å². The monoisotopic (exact) mass is 387 g/mol.